The second kappa shape index (κ2) is 3.92. The molecule has 0 saturated heterocycles. The molecule has 4 nitrogen and oxygen atoms in total. The van der Waals surface area contributed by atoms with E-state index in [4.69, 9.17) is 17.3 Å². The average Bonchev–Trinajstić information content (AvgIpc) is 2.60. The van der Waals surface area contributed by atoms with E-state index in [2.05, 4.69) is 10.2 Å². The number of H-pyrrole nitrogens is 1. The molecule has 0 aliphatic carbocycles. The predicted molar refractivity (Wildman–Crippen MR) is 54.6 cm³/mol. The summed E-state index contributed by atoms with van der Waals surface area (Å²) in [6.07, 6.45) is 0. The lowest BCUT2D eigenvalue weighted by Crippen LogP contribution is -2.03. The minimum Gasteiger partial charge on any atom is -0.388 e. The number of hydrogen-bond donors (Lipinski definition) is 2. The summed E-state index contributed by atoms with van der Waals surface area (Å²) in [5.74, 6) is -0.130. The van der Waals surface area contributed by atoms with Crippen LogP contribution in [-0.2, 0) is 6.61 Å². The van der Waals surface area contributed by atoms with Crippen molar-refractivity contribution < 1.29 is 9.50 Å². The van der Waals surface area contributed by atoms with Gasteiger partial charge < -0.3 is 5.11 Å². The number of halogens is 1. The molecule has 0 radical (unpaired) electrons. The Kier molecular flexibility index (Phi) is 2.61. The molecule has 1 heterocycles. The van der Waals surface area contributed by atoms with Crippen LogP contribution in [0.4, 0.5) is 4.39 Å². The van der Waals surface area contributed by atoms with Crippen LogP contribution >= 0.6 is 12.2 Å². The Morgan fingerprint density at radius 3 is 2.87 bits per heavy atom. The summed E-state index contributed by atoms with van der Waals surface area (Å²) < 4.78 is 15.1. The first kappa shape index (κ1) is 10.0. The zero-order valence-electron chi connectivity index (χ0n) is 7.64. The van der Waals surface area contributed by atoms with Gasteiger partial charge in [0.2, 0.25) is 0 Å². The van der Waals surface area contributed by atoms with Crippen molar-refractivity contribution in [1.29, 1.82) is 0 Å². The van der Waals surface area contributed by atoms with Gasteiger partial charge in [0.15, 0.2) is 10.6 Å². The number of aliphatic hydroxyl groups is 1. The van der Waals surface area contributed by atoms with Crippen LogP contribution in [0.2, 0.25) is 0 Å². The topological polar surface area (TPSA) is 53.8 Å². The van der Waals surface area contributed by atoms with Crippen molar-refractivity contribution in [3.63, 3.8) is 0 Å². The second-order valence-electron chi connectivity index (χ2n) is 2.89. The number of rotatable bonds is 2. The average molecular weight is 225 g/mol. The molecule has 78 valence electrons. The van der Waals surface area contributed by atoms with Gasteiger partial charge in [0.1, 0.15) is 12.4 Å². The molecule has 1 aromatic heterocycles. The van der Waals surface area contributed by atoms with E-state index in [1.807, 2.05) is 0 Å². The van der Waals surface area contributed by atoms with Gasteiger partial charge >= 0.3 is 0 Å². The van der Waals surface area contributed by atoms with Gasteiger partial charge in [0.05, 0.1) is 5.69 Å². The van der Waals surface area contributed by atoms with Crippen LogP contribution in [0.1, 0.15) is 5.82 Å². The van der Waals surface area contributed by atoms with Gasteiger partial charge in [-0.25, -0.2) is 4.39 Å². The lowest BCUT2D eigenvalue weighted by Gasteiger charge is -2.05. The normalized spacial score (nSPS) is 10.5. The van der Waals surface area contributed by atoms with Crippen LogP contribution in [0.25, 0.3) is 5.69 Å². The molecule has 2 N–H and O–H groups in total. The quantitative estimate of drug-likeness (QED) is 0.763. The standard InChI is InChI=1S/C9H8FN3OS/c10-6-3-1-2-4-7(6)13-8(5-14)11-12-9(13)15/h1-4,14H,5H2,(H,12,15). The number of hydrogen-bond acceptors (Lipinski definition) is 3. The molecule has 6 heteroatoms. The largest absolute Gasteiger partial charge is 0.388 e. The zero-order valence-corrected chi connectivity index (χ0v) is 8.46. The first-order chi connectivity index (χ1) is 7.24. The summed E-state index contributed by atoms with van der Waals surface area (Å²) in [4.78, 5) is 0. The van der Waals surface area contributed by atoms with Crippen molar-refractivity contribution in [2.24, 2.45) is 0 Å². The molecule has 0 amide bonds. The second-order valence-corrected chi connectivity index (χ2v) is 3.28. The van der Waals surface area contributed by atoms with E-state index in [-0.39, 0.29) is 22.9 Å². The molecule has 0 unspecified atom stereocenters. The van der Waals surface area contributed by atoms with Gasteiger partial charge in [-0.15, -0.1) is 0 Å². The fraction of sp³-hybridized carbons (Fsp3) is 0.111. The van der Waals surface area contributed by atoms with Crippen molar-refractivity contribution >= 4 is 12.2 Å². The molecule has 0 aliphatic heterocycles. The van der Waals surface area contributed by atoms with Gasteiger partial charge in [-0.2, -0.15) is 5.10 Å². The van der Waals surface area contributed by atoms with Gasteiger partial charge in [-0.3, -0.25) is 9.67 Å². The number of benzene rings is 1. The summed E-state index contributed by atoms with van der Waals surface area (Å²) in [7, 11) is 0. The number of aliphatic hydroxyl groups excluding tert-OH is 1. The van der Waals surface area contributed by atoms with E-state index in [1.54, 1.807) is 18.2 Å². The lowest BCUT2D eigenvalue weighted by molar-refractivity contribution is 0.268. The highest BCUT2D eigenvalue weighted by atomic mass is 32.1. The van der Waals surface area contributed by atoms with E-state index in [0.29, 0.717) is 0 Å². The fourth-order valence-electron chi connectivity index (χ4n) is 1.32. The number of nitrogens with zero attached hydrogens (tertiary/aromatic N) is 2. The molecular weight excluding hydrogens is 217 g/mol. The highest BCUT2D eigenvalue weighted by Crippen LogP contribution is 2.14. The molecular formula is C9H8FN3OS. The number of aromatic amines is 1. The third-order valence-electron chi connectivity index (χ3n) is 1.98. The number of para-hydroxylation sites is 1. The first-order valence-electron chi connectivity index (χ1n) is 4.26. The summed E-state index contributed by atoms with van der Waals surface area (Å²) in [6.45, 7) is -0.304. The third kappa shape index (κ3) is 1.69. The maximum absolute atomic E-state index is 13.5. The summed E-state index contributed by atoms with van der Waals surface area (Å²) >= 11 is 4.95. The van der Waals surface area contributed by atoms with Crippen LogP contribution in [0.15, 0.2) is 24.3 Å². The highest BCUT2D eigenvalue weighted by molar-refractivity contribution is 7.71. The number of aromatic nitrogens is 3. The SMILES string of the molecule is OCc1n[nH]c(=S)n1-c1ccccc1F. The van der Waals surface area contributed by atoms with Gasteiger partial charge in [0.25, 0.3) is 0 Å². The summed E-state index contributed by atoms with van der Waals surface area (Å²) in [6, 6.07) is 6.17. The fourth-order valence-corrected chi connectivity index (χ4v) is 1.57. The van der Waals surface area contributed by atoms with Crippen molar-refractivity contribution in [2.75, 3.05) is 0 Å². The van der Waals surface area contributed by atoms with Gasteiger partial charge in [-0.05, 0) is 24.4 Å². The molecule has 0 fully saturated rings. The maximum atomic E-state index is 13.5. The summed E-state index contributed by atoms with van der Waals surface area (Å²) in [5.41, 5.74) is 0.278. The van der Waals surface area contributed by atoms with Gasteiger partial charge in [-0.1, -0.05) is 12.1 Å². The van der Waals surface area contributed by atoms with E-state index >= 15 is 0 Å². The first-order valence-corrected chi connectivity index (χ1v) is 4.67. The molecule has 2 rings (SSSR count). The Labute approximate surface area is 90.0 Å². The Bertz CT molecular complexity index is 534. The molecule has 2 aromatic rings. The molecule has 0 saturated carbocycles. The van der Waals surface area contributed by atoms with Crippen molar-refractivity contribution in [2.45, 2.75) is 6.61 Å². The Balaban J connectivity index is 2.68. The van der Waals surface area contributed by atoms with Crippen LogP contribution < -0.4 is 0 Å². The molecule has 15 heavy (non-hydrogen) atoms. The molecule has 0 bridgehead atoms. The molecule has 0 spiro atoms. The van der Waals surface area contributed by atoms with Crippen molar-refractivity contribution in [3.8, 4) is 5.69 Å². The molecule has 1 aromatic carbocycles. The van der Waals surface area contributed by atoms with E-state index in [0.717, 1.165) is 0 Å². The summed E-state index contributed by atoms with van der Waals surface area (Å²) in [5, 5.41) is 15.3. The van der Waals surface area contributed by atoms with Crippen LogP contribution in [0.3, 0.4) is 0 Å². The van der Waals surface area contributed by atoms with Gasteiger partial charge in [0, 0.05) is 0 Å². The van der Waals surface area contributed by atoms with E-state index in [9.17, 15) is 4.39 Å². The molecule has 0 atom stereocenters. The van der Waals surface area contributed by atoms with Crippen LogP contribution in [-0.4, -0.2) is 19.9 Å². The van der Waals surface area contributed by atoms with Crippen molar-refractivity contribution in [1.82, 2.24) is 14.8 Å². The monoisotopic (exact) mass is 225 g/mol. The Hall–Kier alpha value is -1.53. The van der Waals surface area contributed by atoms with Crippen LogP contribution in [0.5, 0.6) is 0 Å². The smallest absolute Gasteiger partial charge is 0.200 e. The van der Waals surface area contributed by atoms with E-state index in [1.165, 1.54) is 10.6 Å². The Morgan fingerprint density at radius 1 is 1.47 bits per heavy atom. The lowest BCUT2D eigenvalue weighted by atomic mass is 10.3. The zero-order chi connectivity index (χ0) is 10.8. The molecule has 0 aliphatic rings. The van der Waals surface area contributed by atoms with Crippen LogP contribution in [0, 0.1) is 10.6 Å². The number of nitrogens with one attached hydrogen (secondary N) is 1. The Morgan fingerprint density at radius 2 is 2.20 bits per heavy atom. The highest BCUT2D eigenvalue weighted by Gasteiger charge is 2.10. The predicted octanol–water partition coefficient (Wildman–Crippen LogP) is 1.56. The third-order valence-corrected chi connectivity index (χ3v) is 2.25. The minimum atomic E-state index is -0.412. The van der Waals surface area contributed by atoms with E-state index < -0.39 is 5.82 Å². The minimum absolute atomic E-state index is 0.254. The maximum Gasteiger partial charge on any atom is 0.200 e. The van der Waals surface area contributed by atoms with Crippen molar-refractivity contribution in [3.05, 3.63) is 40.7 Å².